The van der Waals surface area contributed by atoms with Crippen molar-refractivity contribution in [2.75, 3.05) is 32.1 Å². The molecule has 1 unspecified atom stereocenters. The maximum Gasteiger partial charge on any atom is 0.251 e. The maximum absolute atomic E-state index is 12.6. The van der Waals surface area contributed by atoms with Gasteiger partial charge >= 0.3 is 0 Å². The summed E-state index contributed by atoms with van der Waals surface area (Å²) in [6, 6.07) is 14.9. The molecule has 0 bridgehead atoms. The first-order chi connectivity index (χ1) is 13.0. The summed E-state index contributed by atoms with van der Waals surface area (Å²) in [5, 5.41) is 3.09. The lowest BCUT2D eigenvalue weighted by Gasteiger charge is -2.38. The first-order valence-corrected chi connectivity index (χ1v) is 10.5. The maximum atomic E-state index is 12.6. The van der Waals surface area contributed by atoms with Crippen molar-refractivity contribution in [2.45, 2.75) is 35.6 Å². The summed E-state index contributed by atoms with van der Waals surface area (Å²) in [6.45, 7) is 3.99. The molecular weight excluding hydrogens is 354 g/mol. The molecule has 27 heavy (non-hydrogen) atoms. The predicted octanol–water partition coefficient (Wildman–Crippen LogP) is 4.38. The zero-order chi connectivity index (χ0) is 19.0. The Morgan fingerprint density at radius 2 is 1.93 bits per heavy atom. The van der Waals surface area contributed by atoms with Gasteiger partial charge in [-0.15, -0.1) is 0 Å². The summed E-state index contributed by atoms with van der Waals surface area (Å²) >= 11 is 1.78. The van der Waals surface area contributed by atoms with E-state index in [0.717, 1.165) is 24.3 Å². The molecule has 1 heterocycles. The molecule has 1 N–H and O–H groups in total. The van der Waals surface area contributed by atoms with Crippen LogP contribution >= 0.6 is 11.8 Å². The molecule has 0 radical (unpaired) electrons. The SMILES string of the molecule is CC(CN(C)C)N1c2ccccc2Sc2ccc(C(=O)NCC3CC3)cc21. The Bertz CT molecular complexity index is 847. The molecule has 1 aliphatic heterocycles. The second-order valence-electron chi connectivity index (χ2n) is 7.89. The van der Waals surface area contributed by atoms with Crippen molar-refractivity contribution in [3.05, 3.63) is 48.0 Å². The molecule has 5 heteroatoms. The van der Waals surface area contributed by atoms with Gasteiger partial charge in [-0.05, 0) is 70.1 Å². The Hall–Kier alpha value is -1.98. The summed E-state index contributed by atoms with van der Waals surface area (Å²) in [5.74, 6) is 0.722. The number of amides is 1. The van der Waals surface area contributed by atoms with Gasteiger partial charge in [0, 0.05) is 34.5 Å². The van der Waals surface area contributed by atoms with Crippen LogP contribution in [0, 0.1) is 5.92 Å². The monoisotopic (exact) mass is 381 g/mol. The van der Waals surface area contributed by atoms with Gasteiger partial charge in [0.05, 0.1) is 11.4 Å². The number of benzene rings is 2. The van der Waals surface area contributed by atoms with Crippen molar-refractivity contribution in [3.63, 3.8) is 0 Å². The van der Waals surface area contributed by atoms with Gasteiger partial charge in [-0.3, -0.25) is 4.79 Å². The van der Waals surface area contributed by atoms with E-state index < -0.39 is 0 Å². The minimum Gasteiger partial charge on any atom is -0.352 e. The Labute approximate surface area is 165 Å². The van der Waals surface area contributed by atoms with Crippen LogP contribution in [0.5, 0.6) is 0 Å². The van der Waals surface area contributed by atoms with Gasteiger partial charge in [0.25, 0.3) is 5.91 Å². The van der Waals surface area contributed by atoms with Gasteiger partial charge in [0.15, 0.2) is 0 Å². The van der Waals surface area contributed by atoms with E-state index in [2.05, 4.69) is 72.5 Å². The molecule has 1 saturated carbocycles. The number of rotatable bonds is 6. The minimum absolute atomic E-state index is 0.0359. The number of fused-ring (bicyclic) bond motifs is 2. The topological polar surface area (TPSA) is 35.6 Å². The molecule has 0 saturated heterocycles. The predicted molar refractivity (Wildman–Crippen MR) is 112 cm³/mol. The summed E-state index contributed by atoms with van der Waals surface area (Å²) in [4.78, 5) is 19.7. The number of carbonyl (C=O) groups is 1. The molecule has 1 aliphatic carbocycles. The van der Waals surface area contributed by atoms with Crippen LogP contribution in [0.4, 0.5) is 11.4 Å². The molecule has 1 fully saturated rings. The third-order valence-electron chi connectivity index (χ3n) is 5.14. The fraction of sp³-hybridized carbons (Fsp3) is 0.409. The fourth-order valence-electron chi connectivity index (χ4n) is 3.67. The van der Waals surface area contributed by atoms with Crippen LogP contribution in [-0.4, -0.2) is 44.0 Å². The lowest BCUT2D eigenvalue weighted by molar-refractivity contribution is 0.0951. The van der Waals surface area contributed by atoms with E-state index in [4.69, 9.17) is 0 Å². The smallest absolute Gasteiger partial charge is 0.251 e. The second kappa shape index (κ2) is 7.56. The number of hydrogen-bond acceptors (Lipinski definition) is 4. The number of nitrogens with one attached hydrogen (secondary N) is 1. The zero-order valence-corrected chi connectivity index (χ0v) is 17.1. The molecule has 2 aromatic rings. The summed E-state index contributed by atoms with van der Waals surface area (Å²) in [6.07, 6.45) is 2.49. The molecule has 0 aromatic heterocycles. The highest BCUT2D eigenvalue weighted by molar-refractivity contribution is 7.99. The van der Waals surface area contributed by atoms with E-state index in [0.29, 0.717) is 12.0 Å². The molecule has 1 amide bonds. The number of carbonyl (C=O) groups excluding carboxylic acids is 1. The summed E-state index contributed by atoms with van der Waals surface area (Å²) < 4.78 is 0. The lowest BCUT2D eigenvalue weighted by Crippen LogP contribution is -2.38. The van der Waals surface area contributed by atoms with Crippen molar-refractivity contribution in [2.24, 2.45) is 5.92 Å². The standard InChI is InChI=1S/C22H27N3OS/c1-15(14-24(2)3)25-18-6-4-5-7-20(18)27-21-11-10-17(12-19(21)25)22(26)23-13-16-8-9-16/h4-7,10-12,15-16H,8-9,13-14H2,1-3H3,(H,23,26). The molecule has 142 valence electrons. The number of hydrogen-bond donors (Lipinski definition) is 1. The van der Waals surface area contributed by atoms with Crippen molar-refractivity contribution >= 4 is 29.0 Å². The number of nitrogens with zero attached hydrogens (tertiary/aromatic N) is 2. The molecule has 4 nitrogen and oxygen atoms in total. The first kappa shape index (κ1) is 18.4. The van der Waals surface area contributed by atoms with E-state index in [-0.39, 0.29) is 5.91 Å². The average Bonchev–Trinajstić information content (AvgIpc) is 3.47. The summed E-state index contributed by atoms with van der Waals surface area (Å²) in [5.41, 5.74) is 3.10. The quantitative estimate of drug-likeness (QED) is 0.805. The van der Waals surface area contributed by atoms with Crippen molar-refractivity contribution in [1.82, 2.24) is 10.2 Å². The highest BCUT2D eigenvalue weighted by Gasteiger charge is 2.28. The van der Waals surface area contributed by atoms with Crippen LogP contribution in [0.15, 0.2) is 52.3 Å². The first-order valence-electron chi connectivity index (χ1n) is 9.66. The summed E-state index contributed by atoms with van der Waals surface area (Å²) in [7, 11) is 4.20. The highest BCUT2D eigenvalue weighted by Crippen LogP contribution is 2.49. The van der Waals surface area contributed by atoms with Gasteiger partial charge in [-0.2, -0.15) is 0 Å². The van der Waals surface area contributed by atoms with E-state index in [1.807, 2.05) is 6.07 Å². The Morgan fingerprint density at radius 1 is 1.19 bits per heavy atom. The van der Waals surface area contributed by atoms with E-state index in [9.17, 15) is 4.79 Å². The highest BCUT2D eigenvalue weighted by atomic mass is 32.2. The zero-order valence-electron chi connectivity index (χ0n) is 16.2. The Kier molecular flexibility index (Phi) is 5.15. The van der Waals surface area contributed by atoms with Gasteiger partial charge in [-0.25, -0.2) is 0 Å². The van der Waals surface area contributed by atoms with Crippen LogP contribution in [0.3, 0.4) is 0 Å². The normalized spacial score (nSPS) is 16.7. The largest absolute Gasteiger partial charge is 0.352 e. The Morgan fingerprint density at radius 3 is 2.67 bits per heavy atom. The third kappa shape index (κ3) is 3.99. The second-order valence-corrected chi connectivity index (χ2v) is 8.97. The van der Waals surface area contributed by atoms with Crippen LogP contribution in [-0.2, 0) is 0 Å². The van der Waals surface area contributed by atoms with E-state index in [1.54, 1.807) is 11.8 Å². The van der Waals surface area contributed by atoms with Gasteiger partial charge < -0.3 is 15.1 Å². The molecule has 4 rings (SSSR count). The number of anilines is 2. The van der Waals surface area contributed by atoms with Crippen molar-refractivity contribution in [1.29, 1.82) is 0 Å². The Balaban J connectivity index is 1.68. The van der Waals surface area contributed by atoms with Crippen LogP contribution < -0.4 is 10.2 Å². The van der Waals surface area contributed by atoms with Crippen molar-refractivity contribution in [3.8, 4) is 0 Å². The van der Waals surface area contributed by atoms with Crippen LogP contribution in [0.25, 0.3) is 0 Å². The van der Waals surface area contributed by atoms with E-state index >= 15 is 0 Å². The molecule has 0 spiro atoms. The lowest BCUT2D eigenvalue weighted by atomic mass is 10.1. The minimum atomic E-state index is 0.0359. The van der Waals surface area contributed by atoms with Gasteiger partial charge in [-0.1, -0.05) is 23.9 Å². The fourth-order valence-corrected chi connectivity index (χ4v) is 4.72. The van der Waals surface area contributed by atoms with Gasteiger partial charge in [0.2, 0.25) is 0 Å². The average molecular weight is 382 g/mol. The van der Waals surface area contributed by atoms with Crippen molar-refractivity contribution < 1.29 is 4.79 Å². The molecule has 2 aromatic carbocycles. The number of para-hydroxylation sites is 1. The van der Waals surface area contributed by atoms with E-state index in [1.165, 1.54) is 28.3 Å². The molecule has 1 atom stereocenters. The van der Waals surface area contributed by atoms with Gasteiger partial charge in [0.1, 0.15) is 0 Å². The third-order valence-corrected chi connectivity index (χ3v) is 6.27. The molecule has 2 aliphatic rings. The number of likely N-dealkylation sites (N-methyl/N-ethyl adjacent to an activating group) is 1. The van der Waals surface area contributed by atoms with Crippen LogP contribution in [0.2, 0.25) is 0 Å². The molecular formula is C22H27N3OS. The van der Waals surface area contributed by atoms with Crippen LogP contribution in [0.1, 0.15) is 30.1 Å².